The van der Waals surface area contributed by atoms with Crippen LogP contribution in [-0.4, -0.2) is 35.8 Å². The van der Waals surface area contributed by atoms with Crippen molar-refractivity contribution in [1.82, 2.24) is 29.6 Å². The van der Waals surface area contributed by atoms with E-state index in [1.165, 1.54) is 23.5 Å². The fraction of sp³-hybridized carbons (Fsp3) is 0.259. The highest BCUT2D eigenvalue weighted by molar-refractivity contribution is 5.73. The van der Waals surface area contributed by atoms with E-state index < -0.39 is 11.7 Å². The number of aryl methyl sites for hydroxylation is 1. The third-order valence-corrected chi connectivity index (χ3v) is 7.26. The van der Waals surface area contributed by atoms with Gasteiger partial charge in [-0.25, -0.2) is 9.97 Å². The molecule has 1 atom stereocenters. The van der Waals surface area contributed by atoms with Gasteiger partial charge in [0, 0.05) is 49.0 Å². The standard InChI is InChI=1S/C27H24F3N7/c1-17-36-8-4-7-23(27(28,29)30)24(36)14-37(17)22-10-19(21-12-31-15-32-13-21)9-20(11-22)25(18-5-3-6-18)26-34-33-16-35(26)2/h4,7-16,18,25H,1,3,5-6H2,2H3. The molecule has 0 radical (unpaired) electrons. The molecule has 0 bridgehead atoms. The van der Waals surface area contributed by atoms with E-state index in [9.17, 15) is 13.2 Å². The van der Waals surface area contributed by atoms with E-state index in [0.717, 1.165) is 47.9 Å². The summed E-state index contributed by atoms with van der Waals surface area (Å²) in [5.41, 5.74) is 2.71. The van der Waals surface area contributed by atoms with Gasteiger partial charge in [0.25, 0.3) is 0 Å². The van der Waals surface area contributed by atoms with E-state index in [4.69, 9.17) is 0 Å². The lowest BCUT2D eigenvalue weighted by atomic mass is 9.72. The molecule has 1 saturated carbocycles. The Morgan fingerprint density at radius 3 is 2.49 bits per heavy atom. The molecule has 2 aromatic heterocycles. The minimum atomic E-state index is -4.49. The first-order chi connectivity index (χ1) is 17.8. The van der Waals surface area contributed by atoms with Gasteiger partial charge in [-0.3, -0.25) is 0 Å². The molecule has 3 aromatic rings. The number of hydrogen-bond donors (Lipinski definition) is 0. The van der Waals surface area contributed by atoms with Gasteiger partial charge in [0.1, 0.15) is 24.3 Å². The highest BCUT2D eigenvalue weighted by Gasteiger charge is 2.42. The zero-order chi connectivity index (χ0) is 25.7. The molecule has 37 heavy (non-hydrogen) atoms. The van der Waals surface area contributed by atoms with E-state index in [0.29, 0.717) is 17.4 Å². The number of nitrogens with zero attached hydrogens (tertiary/aromatic N) is 7. The van der Waals surface area contributed by atoms with Crippen molar-refractivity contribution in [2.45, 2.75) is 31.4 Å². The van der Waals surface area contributed by atoms with Crippen molar-refractivity contribution in [3.05, 3.63) is 103 Å². The highest BCUT2D eigenvalue weighted by Crippen LogP contribution is 2.46. The molecule has 1 aliphatic carbocycles. The van der Waals surface area contributed by atoms with Crippen molar-refractivity contribution in [2.75, 3.05) is 4.90 Å². The Bertz CT molecular complexity index is 1450. The lowest BCUT2D eigenvalue weighted by molar-refractivity contribution is -0.0908. The van der Waals surface area contributed by atoms with Crippen LogP contribution in [0.25, 0.3) is 11.1 Å². The summed E-state index contributed by atoms with van der Waals surface area (Å²) in [6.07, 6.45) is 11.0. The summed E-state index contributed by atoms with van der Waals surface area (Å²) in [6.45, 7) is 4.12. The summed E-state index contributed by atoms with van der Waals surface area (Å²) in [6, 6.07) is 6.05. The van der Waals surface area contributed by atoms with Crippen molar-refractivity contribution >= 4 is 5.69 Å². The number of allylic oxidation sites excluding steroid dienone is 3. The zero-order valence-electron chi connectivity index (χ0n) is 20.1. The van der Waals surface area contributed by atoms with Crippen molar-refractivity contribution < 1.29 is 13.2 Å². The maximum atomic E-state index is 13.8. The van der Waals surface area contributed by atoms with Gasteiger partial charge < -0.3 is 14.4 Å². The molecule has 7 nitrogen and oxygen atoms in total. The Balaban J connectivity index is 1.50. The molecule has 2 aliphatic heterocycles. The fourth-order valence-corrected chi connectivity index (χ4v) is 5.20. The van der Waals surface area contributed by atoms with E-state index in [-0.39, 0.29) is 11.6 Å². The molecule has 1 fully saturated rings. The maximum absolute atomic E-state index is 13.8. The van der Waals surface area contributed by atoms with Crippen LogP contribution >= 0.6 is 0 Å². The largest absolute Gasteiger partial charge is 0.418 e. The second kappa shape index (κ2) is 8.72. The monoisotopic (exact) mass is 503 g/mol. The summed E-state index contributed by atoms with van der Waals surface area (Å²) in [4.78, 5) is 11.5. The lowest BCUT2D eigenvalue weighted by Crippen LogP contribution is -2.25. The molecular formula is C27H24F3N7. The van der Waals surface area contributed by atoms with Gasteiger partial charge in [-0.2, -0.15) is 13.2 Å². The number of hydrogen-bond acceptors (Lipinski definition) is 6. The van der Waals surface area contributed by atoms with Crippen LogP contribution in [0.15, 0.2) is 91.5 Å². The van der Waals surface area contributed by atoms with E-state index in [2.05, 4.69) is 32.8 Å². The number of aromatic nitrogens is 5. The molecule has 3 aliphatic rings. The Morgan fingerprint density at radius 1 is 1.05 bits per heavy atom. The molecule has 1 unspecified atom stereocenters. The van der Waals surface area contributed by atoms with E-state index in [1.807, 2.05) is 23.7 Å². The molecule has 0 amide bonds. The number of benzene rings is 1. The predicted molar refractivity (Wildman–Crippen MR) is 132 cm³/mol. The first-order valence-corrected chi connectivity index (χ1v) is 12.0. The van der Waals surface area contributed by atoms with Crippen LogP contribution in [-0.2, 0) is 7.05 Å². The number of halogens is 3. The number of anilines is 1. The zero-order valence-corrected chi connectivity index (χ0v) is 20.1. The molecule has 10 heteroatoms. The molecule has 4 heterocycles. The quantitative estimate of drug-likeness (QED) is 0.448. The molecule has 188 valence electrons. The third kappa shape index (κ3) is 4.02. The smallest absolute Gasteiger partial charge is 0.320 e. The number of fused-ring (bicyclic) bond motifs is 1. The highest BCUT2D eigenvalue weighted by atomic mass is 19.4. The molecular weight excluding hydrogens is 479 g/mol. The third-order valence-electron chi connectivity index (χ3n) is 7.26. The summed E-state index contributed by atoms with van der Waals surface area (Å²) in [5.74, 6) is 1.65. The van der Waals surface area contributed by atoms with Crippen LogP contribution in [0.5, 0.6) is 0 Å². The van der Waals surface area contributed by atoms with Gasteiger partial charge in [0.15, 0.2) is 0 Å². The van der Waals surface area contributed by atoms with Crippen LogP contribution in [0, 0.1) is 5.92 Å². The summed E-state index contributed by atoms with van der Waals surface area (Å²) in [5, 5.41) is 8.54. The van der Waals surface area contributed by atoms with Gasteiger partial charge in [0.05, 0.1) is 11.3 Å². The van der Waals surface area contributed by atoms with E-state index >= 15 is 0 Å². The molecule has 1 aromatic carbocycles. The molecule has 0 saturated heterocycles. The van der Waals surface area contributed by atoms with Gasteiger partial charge in [-0.05, 0) is 54.2 Å². The first kappa shape index (κ1) is 23.2. The van der Waals surface area contributed by atoms with Gasteiger partial charge in [-0.1, -0.05) is 19.1 Å². The van der Waals surface area contributed by atoms with Crippen molar-refractivity contribution in [3.8, 4) is 11.1 Å². The Kier molecular flexibility index (Phi) is 5.47. The second-order valence-electron chi connectivity index (χ2n) is 9.50. The van der Waals surface area contributed by atoms with Crippen LogP contribution in [0.4, 0.5) is 18.9 Å². The number of rotatable bonds is 5. The molecule has 0 spiro atoms. The SMILES string of the molecule is C=C1N2C=CC=C(C(F)(F)F)C2=CN1c1cc(-c2cncnc2)cc(C(c2nncn2C)C2CCC2)c1. The van der Waals surface area contributed by atoms with Crippen LogP contribution in [0.1, 0.15) is 36.6 Å². The Labute approximate surface area is 212 Å². The summed E-state index contributed by atoms with van der Waals surface area (Å²) in [7, 11) is 1.93. The second-order valence-corrected chi connectivity index (χ2v) is 9.50. The maximum Gasteiger partial charge on any atom is 0.418 e. The van der Waals surface area contributed by atoms with E-state index in [1.54, 1.807) is 29.8 Å². The van der Waals surface area contributed by atoms with Gasteiger partial charge in [0.2, 0.25) is 0 Å². The minimum absolute atomic E-state index is 0.0128. The first-order valence-electron chi connectivity index (χ1n) is 12.0. The topological polar surface area (TPSA) is 63.0 Å². The average molecular weight is 504 g/mol. The van der Waals surface area contributed by atoms with Gasteiger partial charge >= 0.3 is 6.18 Å². The molecule has 0 N–H and O–H groups in total. The Morgan fingerprint density at radius 2 is 1.84 bits per heavy atom. The van der Waals surface area contributed by atoms with Crippen molar-refractivity contribution in [2.24, 2.45) is 13.0 Å². The van der Waals surface area contributed by atoms with Gasteiger partial charge in [-0.15, -0.1) is 10.2 Å². The number of alkyl halides is 3. The minimum Gasteiger partial charge on any atom is -0.320 e. The van der Waals surface area contributed by atoms with Crippen molar-refractivity contribution in [3.63, 3.8) is 0 Å². The molecule has 6 rings (SSSR count). The van der Waals surface area contributed by atoms with Crippen LogP contribution < -0.4 is 4.90 Å². The van der Waals surface area contributed by atoms with Crippen LogP contribution in [0.3, 0.4) is 0 Å². The summed E-state index contributed by atoms with van der Waals surface area (Å²) < 4.78 is 43.3. The van der Waals surface area contributed by atoms with Crippen molar-refractivity contribution in [1.29, 1.82) is 0 Å². The lowest BCUT2D eigenvalue weighted by Gasteiger charge is -2.34. The summed E-state index contributed by atoms with van der Waals surface area (Å²) >= 11 is 0. The predicted octanol–water partition coefficient (Wildman–Crippen LogP) is 5.65. The Hall–Kier alpha value is -4.21. The van der Waals surface area contributed by atoms with Crippen LogP contribution in [0.2, 0.25) is 0 Å². The fourth-order valence-electron chi connectivity index (χ4n) is 5.20. The average Bonchev–Trinajstić information content (AvgIpc) is 3.43. The normalized spacial score (nSPS) is 18.4.